The Hall–Kier alpha value is -2.20. The molecule has 0 aliphatic carbocycles. The molecule has 0 aliphatic heterocycles. The summed E-state index contributed by atoms with van der Waals surface area (Å²) in [6.07, 6.45) is -0.716. The number of benzene rings is 2. The molecule has 0 saturated heterocycles. The predicted octanol–water partition coefficient (Wildman–Crippen LogP) is 4.69. The van der Waals surface area contributed by atoms with Crippen LogP contribution in [0.3, 0.4) is 0 Å². The topological polar surface area (TPSA) is 58.6 Å². The molecule has 4 nitrogen and oxygen atoms in total. The smallest absolute Gasteiger partial charge is 0.265 e. The van der Waals surface area contributed by atoms with Gasteiger partial charge in [0, 0.05) is 0 Å². The SMILES string of the molecule is Cc1ccc(OC(C)C(=O)Nc2cc(C)c(C)c(Cl)c2O)c(C)c1. The second-order valence-electron chi connectivity index (χ2n) is 6.05. The number of phenols is 1. The molecule has 0 fully saturated rings. The fraction of sp³-hybridized carbons (Fsp3) is 0.316. The molecule has 0 bridgehead atoms. The standard InChI is InChI=1S/C19H22ClNO3/c1-10-6-7-16(12(3)8-10)24-14(5)19(23)21-15-9-11(2)13(4)17(20)18(15)22/h6-9,14,22H,1-5H3,(H,21,23). The van der Waals surface area contributed by atoms with Crippen molar-refractivity contribution in [2.24, 2.45) is 0 Å². The van der Waals surface area contributed by atoms with Gasteiger partial charge in [0.1, 0.15) is 5.75 Å². The number of carbonyl (C=O) groups excluding carboxylic acids is 1. The largest absolute Gasteiger partial charge is 0.504 e. The molecule has 0 radical (unpaired) electrons. The molecule has 1 unspecified atom stereocenters. The van der Waals surface area contributed by atoms with Gasteiger partial charge in [-0.05, 0) is 63.4 Å². The second-order valence-corrected chi connectivity index (χ2v) is 6.42. The fourth-order valence-corrected chi connectivity index (χ4v) is 2.62. The van der Waals surface area contributed by atoms with E-state index in [1.54, 1.807) is 13.0 Å². The van der Waals surface area contributed by atoms with Crippen molar-refractivity contribution < 1.29 is 14.6 Å². The number of hydrogen-bond acceptors (Lipinski definition) is 3. The molecule has 5 heteroatoms. The monoisotopic (exact) mass is 347 g/mol. The molecule has 1 amide bonds. The van der Waals surface area contributed by atoms with E-state index in [4.69, 9.17) is 16.3 Å². The molecule has 0 spiro atoms. The second kappa shape index (κ2) is 7.14. The number of halogens is 1. The first-order chi connectivity index (χ1) is 11.2. The van der Waals surface area contributed by atoms with Crippen molar-refractivity contribution in [1.29, 1.82) is 0 Å². The van der Waals surface area contributed by atoms with Crippen molar-refractivity contribution >= 4 is 23.2 Å². The van der Waals surface area contributed by atoms with Crippen molar-refractivity contribution in [3.05, 3.63) is 51.5 Å². The van der Waals surface area contributed by atoms with Gasteiger partial charge in [0.2, 0.25) is 0 Å². The summed E-state index contributed by atoms with van der Waals surface area (Å²) in [7, 11) is 0. The summed E-state index contributed by atoms with van der Waals surface area (Å²) in [5, 5.41) is 13.0. The minimum atomic E-state index is -0.716. The molecule has 2 aromatic carbocycles. The lowest BCUT2D eigenvalue weighted by atomic mass is 10.1. The van der Waals surface area contributed by atoms with Crippen molar-refractivity contribution in [3.8, 4) is 11.5 Å². The normalized spacial score (nSPS) is 11.9. The molecule has 1 atom stereocenters. The first kappa shape index (κ1) is 18.1. The molecule has 2 N–H and O–H groups in total. The summed E-state index contributed by atoms with van der Waals surface area (Å²) in [5.74, 6) is 0.169. The number of nitrogens with one attached hydrogen (secondary N) is 1. The van der Waals surface area contributed by atoms with E-state index in [2.05, 4.69) is 5.32 Å². The number of hydrogen-bond donors (Lipinski definition) is 2. The summed E-state index contributed by atoms with van der Waals surface area (Å²) in [6, 6.07) is 7.47. The third-order valence-corrected chi connectivity index (χ3v) is 4.47. The van der Waals surface area contributed by atoms with Gasteiger partial charge < -0.3 is 15.2 Å². The fourth-order valence-electron chi connectivity index (χ4n) is 2.37. The highest BCUT2D eigenvalue weighted by molar-refractivity contribution is 6.33. The lowest BCUT2D eigenvalue weighted by Crippen LogP contribution is -2.30. The average molecular weight is 348 g/mol. The number of phenolic OH excluding ortho intramolecular Hbond substituents is 1. The summed E-state index contributed by atoms with van der Waals surface area (Å²) >= 11 is 6.08. The van der Waals surface area contributed by atoms with Gasteiger partial charge in [-0.3, -0.25) is 4.79 Å². The first-order valence-corrected chi connectivity index (χ1v) is 8.12. The minimum absolute atomic E-state index is 0.133. The van der Waals surface area contributed by atoms with Crippen LogP contribution in [0.25, 0.3) is 0 Å². The molecule has 2 rings (SSSR count). The molecule has 0 aromatic heterocycles. The third-order valence-electron chi connectivity index (χ3n) is 4.01. The number of anilines is 1. The molecule has 0 saturated carbocycles. The summed E-state index contributed by atoms with van der Waals surface area (Å²) < 4.78 is 5.73. The van der Waals surface area contributed by atoms with Crippen LogP contribution in [0.2, 0.25) is 5.02 Å². The zero-order valence-electron chi connectivity index (χ0n) is 14.5. The number of aryl methyl sites for hydroxylation is 3. The van der Waals surface area contributed by atoms with Gasteiger partial charge >= 0.3 is 0 Å². The Morgan fingerprint density at radius 2 is 1.83 bits per heavy atom. The summed E-state index contributed by atoms with van der Waals surface area (Å²) in [6.45, 7) is 9.27. The minimum Gasteiger partial charge on any atom is -0.504 e. The number of aromatic hydroxyl groups is 1. The van der Waals surface area contributed by atoms with E-state index in [9.17, 15) is 9.90 Å². The average Bonchev–Trinajstić information content (AvgIpc) is 2.53. The van der Waals surface area contributed by atoms with Gasteiger partial charge in [0.25, 0.3) is 5.91 Å². The molecular formula is C19H22ClNO3. The van der Waals surface area contributed by atoms with E-state index in [0.29, 0.717) is 5.75 Å². The highest BCUT2D eigenvalue weighted by Gasteiger charge is 2.19. The van der Waals surface area contributed by atoms with Crippen LogP contribution in [-0.4, -0.2) is 17.1 Å². The highest BCUT2D eigenvalue weighted by Crippen LogP contribution is 2.36. The van der Waals surface area contributed by atoms with E-state index in [-0.39, 0.29) is 22.4 Å². The van der Waals surface area contributed by atoms with Crippen LogP contribution in [0.4, 0.5) is 5.69 Å². The van der Waals surface area contributed by atoms with Crippen LogP contribution in [0.5, 0.6) is 11.5 Å². The van der Waals surface area contributed by atoms with E-state index < -0.39 is 6.10 Å². The van der Waals surface area contributed by atoms with E-state index in [1.165, 1.54) is 0 Å². The third kappa shape index (κ3) is 3.82. The number of ether oxygens (including phenoxy) is 1. The van der Waals surface area contributed by atoms with Crippen LogP contribution in [0.1, 0.15) is 29.2 Å². The molecule has 0 heterocycles. The van der Waals surface area contributed by atoms with Gasteiger partial charge in [0.05, 0.1) is 10.7 Å². The summed E-state index contributed by atoms with van der Waals surface area (Å²) in [5.41, 5.74) is 4.05. The van der Waals surface area contributed by atoms with Gasteiger partial charge in [0.15, 0.2) is 11.9 Å². The Balaban J connectivity index is 2.15. The van der Waals surface area contributed by atoms with Gasteiger partial charge in [-0.2, -0.15) is 0 Å². The maximum atomic E-state index is 12.4. The molecule has 128 valence electrons. The van der Waals surface area contributed by atoms with Crippen molar-refractivity contribution in [1.82, 2.24) is 0 Å². The van der Waals surface area contributed by atoms with Crippen LogP contribution >= 0.6 is 11.6 Å². The maximum absolute atomic E-state index is 12.4. The van der Waals surface area contributed by atoms with E-state index >= 15 is 0 Å². The quantitative estimate of drug-likeness (QED) is 0.789. The number of carbonyl (C=O) groups is 1. The van der Waals surface area contributed by atoms with Crippen molar-refractivity contribution in [2.75, 3.05) is 5.32 Å². The van der Waals surface area contributed by atoms with Crippen LogP contribution in [-0.2, 0) is 4.79 Å². The first-order valence-electron chi connectivity index (χ1n) is 7.74. The number of rotatable bonds is 4. The zero-order valence-corrected chi connectivity index (χ0v) is 15.3. The molecular weight excluding hydrogens is 326 g/mol. The predicted molar refractivity (Wildman–Crippen MR) is 97.2 cm³/mol. The Morgan fingerprint density at radius 1 is 1.17 bits per heavy atom. The van der Waals surface area contributed by atoms with Crippen LogP contribution in [0, 0.1) is 27.7 Å². The Labute approximate surface area is 147 Å². The lowest BCUT2D eigenvalue weighted by Gasteiger charge is -2.18. The van der Waals surface area contributed by atoms with Gasteiger partial charge in [-0.25, -0.2) is 0 Å². The lowest BCUT2D eigenvalue weighted by molar-refractivity contribution is -0.122. The summed E-state index contributed by atoms with van der Waals surface area (Å²) in [4.78, 5) is 12.4. The van der Waals surface area contributed by atoms with E-state index in [1.807, 2.05) is 45.9 Å². The molecule has 24 heavy (non-hydrogen) atoms. The van der Waals surface area contributed by atoms with E-state index in [0.717, 1.165) is 22.3 Å². The van der Waals surface area contributed by atoms with Gasteiger partial charge in [-0.1, -0.05) is 29.3 Å². The van der Waals surface area contributed by atoms with Crippen LogP contribution in [0.15, 0.2) is 24.3 Å². The van der Waals surface area contributed by atoms with Crippen molar-refractivity contribution in [3.63, 3.8) is 0 Å². The Bertz CT molecular complexity index is 787. The molecule has 2 aromatic rings. The zero-order chi connectivity index (χ0) is 18.0. The van der Waals surface area contributed by atoms with Gasteiger partial charge in [-0.15, -0.1) is 0 Å². The van der Waals surface area contributed by atoms with Crippen LogP contribution < -0.4 is 10.1 Å². The Morgan fingerprint density at radius 3 is 2.46 bits per heavy atom. The molecule has 0 aliphatic rings. The maximum Gasteiger partial charge on any atom is 0.265 e. The Kier molecular flexibility index (Phi) is 5.40. The highest BCUT2D eigenvalue weighted by atomic mass is 35.5. The number of amides is 1. The van der Waals surface area contributed by atoms with Crippen molar-refractivity contribution in [2.45, 2.75) is 40.7 Å².